The molecule has 1 fully saturated rings. The monoisotopic (exact) mass is 352 g/mol. The second-order valence-corrected chi connectivity index (χ2v) is 6.79. The average molecular weight is 352 g/mol. The van der Waals surface area contributed by atoms with Gasteiger partial charge in [-0.1, -0.05) is 30.3 Å². The molecular formula is C20H24N4O2. The average Bonchev–Trinajstić information content (AvgIpc) is 2.72. The van der Waals surface area contributed by atoms with E-state index in [0.29, 0.717) is 26.2 Å². The minimum atomic E-state index is 0.200. The molecular weight excluding hydrogens is 328 g/mol. The molecule has 26 heavy (non-hydrogen) atoms. The number of carbonyl (C=O) groups is 1. The van der Waals surface area contributed by atoms with E-state index < -0.39 is 0 Å². The van der Waals surface area contributed by atoms with Crippen LogP contribution in [0.3, 0.4) is 0 Å². The zero-order valence-corrected chi connectivity index (χ0v) is 14.9. The van der Waals surface area contributed by atoms with Crippen LogP contribution in [-0.4, -0.2) is 53.6 Å². The van der Waals surface area contributed by atoms with Gasteiger partial charge >= 0.3 is 0 Å². The van der Waals surface area contributed by atoms with Crippen molar-refractivity contribution < 1.29 is 9.53 Å². The summed E-state index contributed by atoms with van der Waals surface area (Å²) < 4.78 is 5.40. The van der Waals surface area contributed by atoms with Gasteiger partial charge in [0.2, 0.25) is 11.9 Å². The lowest BCUT2D eigenvalue weighted by molar-refractivity contribution is -0.132. The van der Waals surface area contributed by atoms with Gasteiger partial charge < -0.3 is 14.5 Å². The lowest BCUT2D eigenvalue weighted by atomic mass is 10.1. The molecule has 1 saturated heterocycles. The molecule has 6 nitrogen and oxygen atoms in total. The summed E-state index contributed by atoms with van der Waals surface area (Å²) in [5.74, 6) is 0.955. The quantitative estimate of drug-likeness (QED) is 0.840. The molecule has 0 aliphatic carbocycles. The first-order chi connectivity index (χ1) is 12.8. The van der Waals surface area contributed by atoms with Gasteiger partial charge in [-0.3, -0.25) is 4.79 Å². The van der Waals surface area contributed by atoms with Crippen LogP contribution in [0.2, 0.25) is 0 Å². The number of morpholine rings is 1. The summed E-state index contributed by atoms with van der Waals surface area (Å²) in [5, 5.41) is 0. The Hall–Kier alpha value is -2.47. The van der Waals surface area contributed by atoms with E-state index in [0.717, 1.165) is 49.7 Å². The molecule has 0 spiro atoms. The first-order valence-corrected chi connectivity index (χ1v) is 9.29. The Morgan fingerprint density at radius 1 is 1.12 bits per heavy atom. The van der Waals surface area contributed by atoms with Crippen molar-refractivity contribution in [2.75, 3.05) is 37.7 Å². The molecule has 1 aromatic carbocycles. The van der Waals surface area contributed by atoms with E-state index >= 15 is 0 Å². The Kier molecular flexibility index (Phi) is 5.11. The fourth-order valence-corrected chi connectivity index (χ4v) is 3.48. The van der Waals surface area contributed by atoms with Crippen LogP contribution >= 0.6 is 0 Å². The third kappa shape index (κ3) is 3.85. The SMILES string of the molecule is O=C(CCc1ccccc1)N1CCc2cnc(N3CCOCC3)nc2C1. The molecule has 1 amide bonds. The largest absolute Gasteiger partial charge is 0.378 e. The van der Waals surface area contributed by atoms with E-state index in [9.17, 15) is 4.79 Å². The molecule has 3 heterocycles. The molecule has 0 unspecified atom stereocenters. The molecule has 2 aliphatic heterocycles. The van der Waals surface area contributed by atoms with E-state index in [2.05, 4.69) is 22.0 Å². The summed E-state index contributed by atoms with van der Waals surface area (Å²) in [6, 6.07) is 10.2. The van der Waals surface area contributed by atoms with Crippen LogP contribution in [0, 0.1) is 0 Å². The Bertz CT molecular complexity index is 760. The number of benzene rings is 1. The van der Waals surface area contributed by atoms with E-state index in [-0.39, 0.29) is 5.91 Å². The zero-order valence-electron chi connectivity index (χ0n) is 14.9. The summed E-state index contributed by atoms with van der Waals surface area (Å²) >= 11 is 0. The second kappa shape index (κ2) is 7.83. The van der Waals surface area contributed by atoms with Crippen molar-refractivity contribution in [3.63, 3.8) is 0 Å². The molecule has 2 aromatic rings. The number of rotatable bonds is 4. The van der Waals surface area contributed by atoms with Crippen molar-refractivity contribution >= 4 is 11.9 Å². The third-order valence-electron chi connectivity index (χ3n) is 5.05. The Balaban J connectivity index is 1.40. The molecule has 0 N–H and O–H groups in total. The molecule has 0 atom stereocenters. The lowest BCUT2D eigenvalue weighted by Gasteiger charge is -2.30. The normalized spacial score (nSPS) is 17.1. The topological polar surface area (TPSA) is 58.6 Å². The summed E-state index contributed by atoms with van der Waals surface area (Å²) in [4.78, 5) is 26.0. The number of ether oxygens (including phenoxy) is 1. The first-order valence-electron chi connectivity index (χ1n) is 9.29. The Labute approximate surface area is 153 Å². The van der Waals surface area contributed by atoms with Crippen molar-refractivity contribution in [2.24, 2.45) is 0 Å². The molecule has 6 heteroatoms. The molecule has 0 bridgehead atoms. The van der Waals surface area contributed by atoms with Crippen molar-refractivity contribution in [1.29, 1.82) is 0 Å². The van der Waals surface area contributed by atoms with E-state index in [1.807, 2.05) is 29.3 Å². The van der Waals surface area contributed by atoms with Gasteiger partial charge in [0.25, 0.3) is 0 Å². The number of carbonyl (C=O) groups excluding carboxylic acids is 1. The smallest absolute Gasteiger partial charge is 0.225 e. The zero-order chi connectivity index (χ0) is 17.8. The highest BCUT2D eigenvalue weighted by molar-refractivity contribution is 5.76. The lowest BCUT2D eigenvalue weighted by Crippen LogP contribution is -2.39. The fourth-order valence-electron chi connectivity index (χ4n) is 3.48. The maximum absolute atomic E-state index is 12.6. The molecule has 4 rings (SSSR count). The van der Waals surface area contributed by atoms with Crippen molar-refractivity contribution in [3.8, 4) is 0 Å². The van der Waals surface area contributed by atoms with E-state index in [1.54, 1.807) is 0 Å². The standard InChI is InChI=1S/C20H24N4O2/c25-19(7-6-16-4-2-1-3-5-16)24-9-8-17-14-21-20(22-18(17)15-24)23-10-12-26-13-11-23/h1-5,14H,6-13,15H2. The molecule has 1 aromatic heterocycles. The second-order valence-electron chi connectivity index (χ2n) is 6.79. The number of nitrogens with zero attached hydrogens (tertiary/aromatic N) is 4. The highest BCUT2D eigenvalue weighted by Gasteiger charge is 2.23. The number of aryl methyl sites for hydroxylation is 1. The molecule has 0 saturated carbocycles. The minimum Gasteiger partial charge on any atom is -0.378 e. The number of hydrogen-bond donors (Lipinski definition) is 0. The van der Waals surface area contributed by atoms with Crippen LogP contribution in [0.25, 0.3) is 0 Å². The number of anilines is 1. The van der Waals surface area contributed by atoms with E-state index in [1.165, 1.54) is 5.56 Å². The van der Waals surface area contributed by atoms with Gasteiger partial charge in [-0.15, -0.1) is 0 Å². The fraction of sp³-hybridized carbons (Fsp3) is 0.450. The van der Waals surface area contributed by atoms with Crippen LogP contribution < -0.4 is 4.90 Å². The van der Waals surface area contributed by atoms with Gasteiger partial charge in [0, 0.05) is 32.3 Å². The summed E-state index contributed by atoms with van der Waals surface area (Å²) in [6.07, 6.45) is 4.08. The van der Waals surface area contributed by atoms with Crippen LogP contribution in [0.4, 0.5) is 5.95 Å². The maximum Gasteiger partial charge on any atom is 0.225 e. The predicted octanol–water partition coefficient (Wildman–Crippen LogP) is 1.83. The maximum atomic E-state index is 12.6. The van der Waals surface area contributed by atoms with Crippen LogP contribution in [0.15, 0.2) is 36.5 Å². The molecule has 2 aliphatic rings. The summed E-state index contributed by atoms with van der Waals surface area (Å²) in [5.41, 5.74) is 3.35. The van der Waals surface area contributed by atoms with E-state index in [4.69, 9.17) is 9.72 Å². The minimum absolute atomic E-state index is 0.200. The van der Waals surface area contributed by atoms with Gasteiger partial charge in [0.15, 0.2) is 0 Å². The predicted molar refractivity (Wildman–Crippen MR) is 98.9 cm³/mol. The number of amides is 1. The summed E-state index contributed by atoms with van der Waals surface area (Å²) in [7, 11) is 0. The van der Waals surface area contributed by atoms with Gasteiger partial charge in [-0.2, -0.15) is 0 Å². The van der Waals surface area contributed by atoms with Crippen molar-refractivity contribution in [2.45, 2.75) is 25.8 Å². The Morgan fingerprint density at radius 3 is 2.73 bits per heavy atom. The highest BCUT2D eigenvalue weighted by atomic mass is 16.5. The van der Waals surface area contributed by atoms with Crippen molar-refractivity contribution in [3.05, 3.63) is 53.3 Å². The number of hydrogen-bond acceptors (Lipinski definition) is 5. The molecule has 0 radical (unpaired) electrons. The van der Waals surface area contributed by atoms with Crippen molar-refractivity contribution in [1.82, 2.24) is 14.9 Å². The number of aromatic nitrogens is 2. The number of fused-ring (bicyclic) bond motifs is 1. The van der Waals surface area contributed by atoms with Crippen LogP contribution in [0.1, 0.15) is 23.2 Å². The van der Waals surface area contributed by atoms with Gasteiger partial charge in [-0.05, 0) is 24.0 Å². The Morgan fingerprint density at radius 2 is 1.92 bits per heavy atom. The summed E-state index contributed by atoms with van der Waals surface area (Å²) in [6.45, 7) is 4.40. The van der Waals surface area contributed by atoms with Gasteiger partial charge in [0.05, 0.1) is 25.5 Å². The van der Waals surface area contributed by atoms with Gasteiger partial charge in [-0.25, -0.2) is 9.97 Å². The third-order valence-corrected chi connectivity index (χ3v) is 5.05. The van der Waals surface area contributed by atoms with Gasteiger partial charge in [0.1, 0.15) is 0 Å². The van der Waals surface area contributed by atoms with Crippen LogP contribution in [-0.2, 0) is 28.9 Å². The highest BCUT2D eigenvalue weighted by Crippen LogP contribution is 2.20. The van der Waals surface area contributed by atoms with Crippen LogP contribution in [0.5, 0.6) is 0 Å². The molecule has 136 valence electrons. The first kappa shape index (κ1) is 17.0.